The van der Waals surface area contributed by atoms with Crippen molar-refractivity contribution >= 4 is 27.2 Å². The first-order chi connectivity index (χ1) is 6.03. The van der Waals surface area contributed by atoms with Crippen LogP contribution >= 0.6 is 12.2 Å². The second-order valence-corrected chi connectivity index (χ2v) is 5.56. The third-order valence-corrected chi connectivity index (χ3v) is 3.83. The molecule has 1 atom stereocenters. The Balaban J connectivity index is 2.36. The second-order valence-electron chi connectivity index (χ2n) is 2.96. The Morgan fingerprint density at radius 2 is 2.38 bits per heavy atom. The van der Waals surface area contributed by atoms with Crippen molar-refractivity contribution in [3.8, 4) is 0 Å². The van der Waals surface area contributed by atoms with Crippen molar-refractivity contribution in [3.63, 3.8) is 0 Å². The minimum atomic E-state index is -2.83. The molecule has 4 nitrogen and oxygen atoms in total. The predicted octanol–water partition coefficient (Wildman–Crippen LogP) is 0.0845. The Bertz CT molecular complexity index is 286. The molecule has 0 aromatic heterocycles. The van der Waals surface area contributed by atoms with Gasteiger partial charge < -0.3 is 10.1 Å². The van der Waals surface area contributed by atoms with E-state index in [-0.39, 0.29) is 17.5 Å². The molecule has 0 bridgehead atoms. The molecule has 0 amide bonds. The van der Waals surface area contributed by atoms with Gasteiger partial charge in [0.15, 0.2) is 9.84 Å². The molecule has 1 saturated heterocycles. The number of hydrogen-bond acceptors (Lipinski definition) is 4. The van der Waals surface area contributed by atoms with Gasteiger partial charge in [0, 0.05) is 6.04 Å². The minimum absolute atomic E-state index is 0.0657. The van der Waals surface area contributed by atoms with Crippen LogP contribution in [0.5, 0.6) is 0 Å². The lowest BCUT2D eigenvalue weighted by Crippen LogP contribution is -2.35. The van der Waals surface area contributed by atoms with E-state index in [1.54, 1.807) is 0 Å². The highest BCUT2D eigenvalue weighted by molar-refractivity contribution is 7.91. The minimum Gasteiger partial charge on any atom is -0.471 e. The molecule has 1 aliphatic rings. The summed E-state index contributed by atoms with van der Waals surface area (Å²) < 4.78 is 27.1. The van der Waals surface area contributed by atoms with Crippen LogP contribution in [-0.2, 0) is 14.6 Å². The molecule has 13 heavy (non-hydrogen) atoms. The van der Waals surface area contributed by atoms with Crippen molar-refractivity contribution in [1.82, 2.24) is 5.32 Å². The number of sulfone groups is 1. The smallest absolute Gasteiger partial charge is 0.256 e. The predicted molar refractivity (Wildman–Crippen MR) is 54.4 cm³/mol. The molecule has 1 rings (SSSR count). The van der Waals surface area contributed by atoms with E-state index in [0.29, 0.717) is 18.2 Å². The topological polar surface area (TPSA) is 55.4 Å². The number of nitrogens with one attached hydrogen (secondary N) is 1. The second kappa shape index (κ2) is 4.23. The number of rotatable bonds is 2. The Morgan fingerprint density at radius 3 is 2.85 bits per heavy atom. The van der Waals surface area contributed by atoms with Crippen molar-refractivity contribution in [1.29, 1.82) is 0 Å². The van der Waals surface area contributed by atoms with Crippen molar-refractivity contribution in [2.75, 3.05) is 18.1 Å². The van der Waals surface area contributed by atoms with Gasteiger partial charge in [0.2, 0.25) is 0 Å². The molecule has 0 unspecified atom stereocenters. The summed E-state index contributed by atoms with van der Waals surface area (Å²) in [6, 6.07) is -0.0657. The lowest BCUT2D eigenvalue weighted by atomic mass is 10.3. The van der Waals surface area contributed by atoms with Crippen LogP contribution < -0.4 is 5.32 Å². The first kappa shape index (κ1) is 10.7. The average Bonchev–Trinajstić information content (AvgIpc) is 2.30. The molecule has 0 radical (unpaired) electrons. The summed E-state index contributed by atoms with van der Waals surface area (Å²) in [6.07, 6.45) is 0.621. The Hall–Kier alpha value is -0.360. The van der Waals surface area contributed by atoms with Crippen molar-refractivity contribution in [2.24, 2.45) is 0 Å². The monoisotopic (exact) mass is 223 g/mol. The maximum absolute atomic E-state index is 11.1. The van der Waals surface area contributed by atoms with E-state index >= 15 is 0 Å². The fraction of sp³-hybridized carbons (Fsp3) is 0.857. The Morgan fingerprint density at radius 1 is 1.69 bits per heavy atom. The third-order valence-electron chi connectivity index (χ3n) is 1.83. The molecular weight excluding hydrogens is 210 g/mol. The molecule has 1 fully saturated rings. The summed E-state index contributed by atoms with van der Waals surface area (Å²) in [5.41, 5.74) is 0. The first-order valence-electron chi connectivity index (χ1n) is 4.17. The van der Waals surface area contributed by atoms with Crippen molar-refractivity contribution in [2.45, 2.75) is 19.4 Å². The molecule has 1 heterocycles. The summed E-state index contributed by atoms with van der Waals surface area (Å²) in [7, 11) is -2.83. The first-order valence-corrected chi connectivity index (χ1v) is 6.40. The highest BCUT2D eigenvalue weighted by Crippen LogP contribution is 2.11. The molecule has 1 N–H and O–H groups in total. The van der Waals surface area contributed by atoms with Gasteiger partial charge in [-0.1, -0.05) is 0 Å². The summed E-state index contributed by atoms with van der Waals surface area (Å²) in [6.45, 7) is 2.34. The van der Waals surface area contributed by atoms with E-state index in [2.05, 4.69) is 5.32 Å². The van der Waals surface area contributed by atoms with Gasteiger partial charge >= 0.3 is 0 Å². The molecular formula is C7H13NO3S2. The van der Waals surface area contributed by atoms with Crippen LogP contribution in [0.1, 0.15) is 13.3 Å². The van der Waals surface area contributed by atoms with Gasteiger partial charge in [-0.25, -0.2) is 8.42 Å². The van der Waals surface area contributed by atoms with Crippen LogP contribution in [0.4, 0.5) is 0 Å². The summed E-state index contributed by atoms with van der Waals surface area (Å²) >= 11 is 4.84. The van der Waals surface area contributed by atoms with Crippen LogP contribution in [0.25, 0.3) is 0 Å². The molecule has 0 saturated carbocycles. The van der Waals surface area contributed by atoms with Crippen LogP contribution in [0.15, 0.2) is 0 Å². The molecule has 0 aliphatic carbocycles. The van der Waals surface area contributed by atoms with Crippen LogP contribution in [0.3, 0.4) is 0 Å². The SMILES string of the molecule is CCOC(=S)N[C@H]1CCS(=O)(=O)C1. The fourth-order valence-electron chi connectivity index (χ4n) is 1.25. The Kier molecular flexibility index (Phi) is 3.49. The zero-order valence-electron chi connectivity index (χ0n) is 7.45. The normalized spacial score (nSPS) is 25.5. The van der Waals surface area contributed by atoms with E-state index in [1.165, 1.54) is 0 Å². The molecule has 0 aromatic rings. The highest BCUT2D eigenvalue weighted by atomic mass is 32.2. The average molecular weight is 223 g/mol. The lowest BCUT2D eigenvalue weighted by molar-refractivity contribution is 0.315. The quantitative estimate of drug-likeness (QED) is 0.672. The van der Waals surface area contributed by atoms with Gasteiger partial charge in [0.25, 0.3) is 5.17 Å². The Labute approximate surface area is 83.6 Å². The van der Waals surface area contributed by atoms with Crippen molar-refractivity contribution < 1.29 is 13.2 Å². The number of thiocarbonyl (C=S) groups is 1. The molecule has 1 aliphatic heterocycles. The maximum atomic E-state index is 11.1. The molecule has 76 valence electrons. The van der Waals surface area contributed by atoms with Crippen LogP contribution in [-0.4, -0.2) is 37.7 Å². The highest BCUT2D eigenvalue weighted by Gasteiger charge is 2.28. The van der Waals surface area contributed by atoms with E-state index in [1.807, 2.05) is 6.92 Å². The summed E-state index contributed by atoms with van der Waals surface area (Å²) in [5.74, 6) is 0.416. The van der Waals surface area contributed by atoms with Crippen LogP contribution in [0.2, 0.25) is 0 Å². The number of hydrogen-bond donors (Lipinski definition) is 1. The fourth-order valence-corrected chi connectivity index (χ4v) is 3.21. The maximum Gasteiger partial charge on any atom is 0.256 e. The van der Waals surface area contributed by atoms with Gasteiger partial charge in [-0.2, -0.15) is 0 Å². The summed E-state index contributed by atoms with van der Waals surface area (Å²) in [4.78, 5) is 0. The third kappa shape index (κ3) is 3.48. The van der Waals surface area contributed by atoms with E-state index in [0.717, 1.165) is 0 Å². The van der Waals surface area contributed by atoms with Gasteiger partial charge in [-0.05, 0) is 25.6 Å². The summed E-state index contributed by atoms with van der Waals surface area (Å²) in [5, 5.41) is 3.16. The zero-order chi connectivity index (χ0) is 9.90. The lowest BCUT2D eigenvalue weighted by Gasteiger charge is -2.12. The van der Waals surface area contributed by atoms with E-state index in [4.69, 9.17) is 17.0 Å². The van der Waals surface area contributed by atoms with Gasteiger partial charge in [-0.3, -0.25) is 0 Å². The van der Waals surface area contributed by atoms with Gasteiger partial charge in [0.05, 0.1) is 18.1 Å². The van der Waals surface area contributed by atoms with Gasteiger partial charge in [-0.15, -0.1) is 0 Å². The largest absolute Gasteiger partial charge is 0.471 e. The standard InChI is InChI=1S/C7H13NO3S2/c1-2-11-7(12)8-6-3-4-13(9,10)5-6/h6H,2-5H2,1H3,(H,8,12)/t6-/m0/s1. The van der Waals surface area contributed by atoms with Crippen molar-refractivity contribution in [3.05, 3.63) is 0 Å². The van der Waals surface area contributed by atoms with E-state index in [9.17, 15) is 8.42 Å². The molecule has 6 heteroatoms. The number of ether oxygens (including phenoxy) is 1. The van der Waals surface area contributed by atoms with Crippen LogP contribution in [0, 0.1) is 0 Å². The van der Waals surface area contributed by atoms with E-state index < -0.39 is 9.84 Å². The molecule has 0 aromatic carbocycles. The van der Waals surface area contributed by atoms with Gasteiger partial charge in [0.1, 0.15) is 0 Å². The zero-order valence-corrected chi connectivity index (χ0v) is 9.08. The molecule has 0 spiro atoms.